The van der Waals surface area contributed by atoms with Gasteiger partial charge in [-0.15, -0.1) is 0 Å². The van der Waals surface area contributed by atoms with Crippen LogP contribution in [0.3, 0.4) is 0 Å². The van der Waals surface area contributed by atoms with E-state index in [1.165, 1.54) is 87.3 Å². The number of ether oxygens (including phenoxy) is 2. The van der Waals surface area contributed by atoms with Gasteiger partial charge in [-0.3, -0.25) is 4.79 Å². The maximum atomic E-state index is 12.4. The lowest BCUT2D eigenvalue weighted by Gasteiger charge is -2.15. The van der Waals surface area contributed by atoms with E-state index < -0.39 is 0 Å². The Kier molecular flexibility index (Phi) is 15.9. The number of unbranched alkanes of at least 4 members (excludes halogenated alkanes) is 12. The summed E-state index contributed by atoms with van der Waals surface area (Å²) in [7, 11) is 0. The first-order valence-corrected chi connectivity index (χ1v) is 16.7. The van der Waals surface area contributed by atoms with E-state index in [-0.39, 0.29) is 12.1 Å². The van der Waals surface area contributed by atoms with Crippen LogP contribution in [0.4, 0.5) is 0 Å². The number of carbonyl (C=O) groups excluding carboxylic acids is 1. The highest BCUT2D eigenvalue weighted by Crippen LogP contribution is 2.34. The number of rotatable bonds is 21. The van der Waals surface area contributed by atoms with Crippen molar-refractivity contribution < 1.29 is 14.3 Å². The van der Waals surface area contributed by atoms with Crippen molar-refractivity contribution in [3.63, 3.8) is 0 Å². The van der Waals surface area contributed by atoms with E-state index in [1.807, 2.05) is 6.92 Å². The molecule has 0 radical (unpaired) electrons. The fraction of sp³-hybridized carbons (Fsp3) is 0.513. The van der Waals surface area contributed by atoms with Crippen molar-refractivity contribution in [1.29, 1.82) is 0 Å². The lowest BCUT2D eigenvalue weighted by molar-refractivity contribution is -0.148. The topological polar surface area (TPSA) is 35.5 Å². The molecule has 0 fully saturated rings. The van der Waals surface area contributed by atoms with E-state index in [2.05, 4.69) is 86.6 Å². The van der Waals surface area contributed by atoms with E-state index in [1.54, 1.807) is 0 Å². The van der Waals surface area contributed by atoms with Gasteiger partial charge in [0.05, 0.1) is 6.61 Å². The highest BCUT2D eigenvalue weighted by Gasteiger charge is 2.13. The van der Waals surface area contributed by atoms with Gasteiger partial charge in [0.2, 0.25) is 0 Å². The Hall–Kier alpha value is -3.07. The Bertz CT molecular complexity index is 1130. The third-order valence-electron chi connectivity index (χ3n) is 8.09. The van der Waals surface area contributed by atoms with Crippen LogP contribution in [-0.4, -0.2) is 12.6 Å². The second kappa shape index (κ2) is 19.9. The van der Waals surface area contributed by atoms with Crippen molar-refractivity contribution in [1.82, 2.24) is 0 Å². The van der Waals surface area contributed by atoms with Crippen LogP contribution in [0.5, 0.6) is 5.75 Å². The van der Waals surface area contributed by atoms with Crippen LogP contribution in [0.1, 0.15) is 129 Å². The Morgan fingerprint density at radius 2 is 1.07 bits per heavy atom. The molecule has 0 aliphatic heterocycles. The van der Waals surface area contributed by atoms with Crippen LogP contribution in [0.25, 0.3) is 22.3 Å². The van der Waals surface area contributed by atoms with Crippen molar-refractivity contribution in [3.05, 3.63) is 78.4 Å². The molecule has 0 amide bonds. The lowest BCUT2D eigenvalue weighted by Crippen LogP contribution is -2.08. The molecule has 0 saturated carbocycles. The molecule has 0 bridgehead atoms. The fourth-order valence-electron chi connectivity index (χ4n) is 5.45. The SMILES string of the molecule is CCCCCCCCCCCC(=O)OC(C)c1ccc(-c2ccccc2-c2ccc(OCCCCCCC)cc2)cc1. The van der Waals surface area contributed by atoms with E-state index in [4.69, 9.17) is 9.47 Å². The highest BCUT2D eigenvalue weighted by atomic mass is 16.5. The van der Waals surface area contributed by atoms with Gasteiger partial charge in [-0.25, -0.2) is 0 Å². The predicted octanol–water partition coefficient (Wildman–Crippen LogP) is 11.9. The third kappa shape index (κ3) is 12.0. The van der Waals surface area contributed by atoms with Gasteiger partial charge in [0.1, 0.15) is 11.9 Å². The molecule has 3 aromatic carbocycles. The molecule has 42 heavy (non-hydrogen) atoms. The van der Waals surface area contributed by atoms with E-state index >= 15 is 0 Å². The zero-order valence-corrected chi connectivity index (χ0v) is 26.5. The summed E-state index contributed by atoms with van der Waals surface area (Å²) < 4.78 is 11.7. The number of benzene rings is 3. The summed E-state index contributed by atoms with van der Waals surface area (Å²) in [4.78, 5) is 12.4. The predicted molar refractivity (Wildman–Crippen MR) is 178 cm³/mol. The normalized spacial score (nSPS) is 11.8. The van der Waals surface area contributed by atoms with Crippen LogP contribution in [0.2, 0.25) is 0 Å². The van der Waals surface area contributed by atoms with Gasteiger partial charge in [-0.1, -0.05) is 152 Å². The Labute approximate surface area is 256 Å². The number of esters is 1. The number of hydrogen-bond acceptors (Lipinski definition) is 3. The monoisotopic (exact) mass is 570 g/mol. The smallest absolute Gasteiger partial charge is 0.306 e. The Morgan fingerprint density at radius 3 is 1.62 bits per heavy atom. The molecule has 1 unspecified atom stereocenters. The van der Waals surface area contributed by atoms with E-state index in [9.17, 15) is 4.79 Å². The fourth-order valence-corrected chi connectivity index (χ4v) is 5.45. The summed E-state index contributed by atoms with van der Waals surface area (Å²) in [6.45, 7) is 7.24. The minimum atomic E-state index is -0.250. The van der Waals surface area contributed by atoms with E-state index in [0.29, 0.717) is 6.42 Å². The van der Waals surface area contributed by atoms with E-state index in [0.717, 1.165) is 42.7 Å². The molecule has 3 aromatic rings. The van der Waals surface area contributed by atoms with Gasteiger partial charge >= 0.3 is 5.97 Å². The van der Waals surface area contributed by atoms with Gasteiger partial charge < -0.3 is 9.47 Å². The van der Waals surface area contributed by atoms with Gasteiger partial charge in [-0.2, -0.15) is 0 Å². The molecule has 0 saturated heterocycles. The second-order valence-electron chi connectivity index (χ2n) is 11.7. The standard InChI is InChI=1S/C39H54O3/c1-4-6-8-10-11-12-13-14-16-22-39(40)42-32(3)33-23-25-34(26-24-33)37-20-17-18-21-38(37)35-27-29-36(30-28-35)41-31-19-15-9-7-5-2/h17-18,20-21,23-30,32H,4-16,19,22,31H2,1-3H3. The van der Waals surface area contributed by atoms with Crippen LogP contribution in [-0.2, 0) is 9.53 Å². The maximum Gasteiger partial charge on any atom is 0.306 e. The Balaban J connectivity index is 1.47. The largest absolute Gasteiger partial charge is 0.494 e. The molecule has 3 rings (SSSR count). The molecule has 0 aromatic heterocycles. The van der Waals surface area contributed by atoms with Crippen molar-refractivity contribution in [3.8, 4) is 28.0 Å². The molecule has 0 aliphatic carbocycles. The van der Waals surface area contributed by atoms with Crippen molar-refractivity contribution in [2.75, 3.05) is 6.61 Å². The molecular formula is C39H54O3. The molecule has 1 atom stereocenters. The minimum absolute atomic E-state index is 0.0937. The van der Waals surface area contributed by atoms with Gasteiger partial charge in [-0.05, 0) is 59.7 Å². The highest BCUT2D eigenvalue weighted by molar-refractivity contribution is 5.83. The zero-order valence-electron chi connectivity index (χ0n) is 26.5. The summed E-state index contributed by atoms with van der Waals surface area (Å²) in [5.74, 6) is 0.834. The van der Waals surface area contributed by atoms with Gasteiger partial charge in [0.15, 0.2) is 0 Å². The molecule has 0 heterocycles. The molecule has 228 valence electrons. The van der Waals surface area contributed by atoms with Crippen molar-refractivity contribution in [2.24, 2.45) is 0 Å². The molecule has 0 aliphatic rings. The summed E-state index contributed by atoms with van der Waals surface area (Å²) in [5.41, 5.74) is 5.71. The maximum absolute atomic E-state index is 12.4. The Morgan fingerprint density at radius 1 is 0.595 bits per heavy atom. The first kappa shape index (κ1) is 33.4. The van der Waals surface area contributed by atoms with Crippen molar-refractivity contribution >= 4 is 5.97 Å². The molecule has 0 N–H and O–H groups in total. The molecule has 3 heteroatoms. The third-order valence-corrected chi connectivity index (χ3v) is 8.09. The summed E-state index contributed by atoms with van der Waals surface area (Å²) in [6, 6.07) is 25.4. The van der Waals surface area contributed by atoms with Crippen LogP contribution < -0.4 is 4.74 Å². The average Bonchev–Trinajstić information content (AvgIpc) is 3.02. The van der Waals surface area contributed by atoms with Crippen molar-refractivity contribution in [2.45, 2.75) is 123 Å². The first-order valence-electron chi connectivity index (χ1n) is 16.7. The lowest BCUT2D eigenvalue weighted by atomic mass is 9.93. The van der Waals surface area contributed by atoms with Gasteiger partial charge in [0.25, 0.3) is 0 Å². The summed E-state index contributed by atoms with van der Waals surface area (Å²) in [5, 5.41) is 0. The first-order chi connectivity index (χ1) is 20.6. The molecule has 0 spiro atoms. The van der Waals surface area contributed by atoms with Gasteiger partial charge in [0, 0.05) is 6.42 Å². The summed E-state index contributed by atoms with van der Waals surface area (Å²) >= 11 is 0. The number of carbonyl (C=O) groups is 1. The number of hydrogen-bond donors (Lipinski definition) is 0. The molecular weight excluding hydrogens is 516 g/mol. The average molecular weight is 571 g/mol. The second-order valence-corrected chi connectivity index (χ2v) is 11.7. The van der Waals surface area contributed by atoms with Crippen LogP contribution in [0, 0.1) is 0 Å². The van der Waals surface area contributed by atoms with Crippen LogP contribution >= 0.6 is 0 Å². The quantitative estimate of drug-likeness (QED) is 0.0943. The zero-order chi connectivity index (χ0) is 29.8. The molecule has 3 nitrogen and oxygen atoms in total. The minimum Gasteiger partial charge on any atom is -0.494 e. The van der Waals surface area contributed by atoms with Crippen LogP contribution in [0.15, 0.2) is 72.8 Å². The summed E-state index contributed by atoms with van der Waals surface area (Å²) in [6.07, 6.45) is 17.7.